The molecule has 20 heavy (non-hydrogen) atoms. The number of carbonyl (C=O) groups is 1. The number of amides is 1. The maximum atomic E-state index is 11.7. The summed E-state index contributed by atoms with van der Waals surface area (Å²) in [5.74, 6) is -0.262. The number of anilines is 1. The Kier molecular flexibility index (Phi) is 4.19. The zero-order valence-corrected chi connectivity index (χ0v) is 11.3. The number of nitrogens with two attached hydrogens (primary N) is 1. The van der Waals surface area contributed by atoms with E-state index in [2.05, 4.69) is 5.32 Å². The van der Waals surface area contributed by atoms with E-state index >= 15 is 0 Å². The van der Waals surface area contributed by atoms with Crippen LogP contribution >= 0.6 is 0 Å². The zero-order chi connectivity index (χ0) is 14.7. The predicted octanol–water partition coefficient (Wildman–Crippen LogP) is 0.882. The number of nitro groups is 1. The first-order valence-electron chi connectivity index (χ1n) is 6.54. The smallest absolute Gasteiger partial charge is 0.292 e. The summed E-state index contributed by atoms with van der Waals surface area (Å²) in [7, 11) is 1.53. The van der Waals surface area contributed by atoms with Crippen molar-refractivity contribution in [2.24, 2.45) is 5.73 Å². The average Bonchev–Trinajstić information content (AvgIpc) is 2.45. The number of rotatable bonds is 3. The minimum absolute atomic E-state index is 0.00625. The van der Waals surface area contributed by atoms with E-state index in [-0.39, 0.29) is 17.6 Å². The van der Waals surface area contributed by atoms with E-state index < -0.39 is 4.92 Å². The molecule has 0 radical (unpaired) electrons. The van der Waals surface area contributed by atoms with Gasteiger partial charge in [-0.2, -0.15) is 0 Å². The van der Waals surface area contributed by atoms with E-state index in [0.29, 0.717) is 24.3 Å². The Morgan fingerprint density at radius 3 is 2.90 bits per heavy atom. The molecule has 1 saturated heterocycles. The van der Waals surface area contributed by atoms with Gasteiger partial charge in [-0.05, 0) is 25.0 Å². The van der Waals surface area contributed by atoms with Crippen molar-refractivity contribution in [1.29, 1.82) is 0 Å². The standard InChI is InChI=1S/C13H18N4O3/c1-15-13(18)9-4-5-11(17(19)20)12(7-9)16-6-2-3-10(14)8-16/h4-5,7,10H,2-3,6,8,14H2,1H3,(H,15,18). The van der Waals surface area contributed by atoms with E-state index in [4.69, 9.17) is 5.73 Å². The lowest BCUT2D eigenvalue weighted by atomic mass is 10.0. The number of hydrogen-bond donors (Lipinski definition) is 2. The Labute approximate surface area is 116 Å². The summed E-state index contributed by atoms with van der Waals surface area (Å²) in [5, 5.41) is 13.7. The van der Waals surface area contributed by atoms with Crippen molar-refractivity contribution in [2.75, 3.05) is 25.0 Å². The summed E-state index contributed by atoms with van der Waals surface area (Å²) >= 11 is 0. The fourth-order valence-corrected chi connectivity index (χ4v) is 2.45. The Morgan fingerprint density at radius 2 is 2.30 bits per heavy atom. The molecule has 1 heterocycles. The molecular formula is C13H18N4O3. The molecule has 0 saturated carbocycles. The Morgan fingerprint density at radius 1 is 1.55 bits per heavy atom. The van der Waals surface area contributed by atoms with Gasteiger partial charge < -0.3 is 16.0 Å². The Bertz CT molecular complexity index is 532. The number of nitrogens with zero attached hydrogens (tertiary/aromatic N) is 2. The number of piperidine rings is 1. The lowest BCUT2D eigenvalue weighted by Crippen LogP contribution is -2.43. The van der Waals surface area contributed by atoms with Gasteiger partial charge in [0.25, 0.3) is 11.6 Å². The fourth-order valence-electron chi connectivity index (χ4n) is 2.45. The molecule has 1 aromatic rings. The molecule has 1 aromatic carbocycles. The first-order chi connectivity index (χ1) is 9.52. The van der Waals surface area contributed by atoms with Crippen molar-refractivity contribution in [1.82, 2.24) is 5.32 Å². The third-order valence-electron chi connectivity index (χ3n) is 3.46. The van der Waals surface area contributed by atoms with Crippen molar-refractivity contribution in [3.8, 4) is 0 Å². The molecule has 3 N–H and O–H groups in total. The van der Waals surface area contributed by atoms with Crippen LogP contribution in [0.25, 0.3) is 0 Å². The van der Waals surface area contributed by atoms with Crippen LogP contribution in [0.1, 0.15) is 23.2 Å². The van der Waals surface area contributed by atoms with Crippen LogP contribution in [0.5, 0.6) is 0 Å². The molecule has 1 fully saturated rings. The first-order valence-corrected chi connectivity index (χ1v) is 6.54. The molecule has 1 unspecified atom stereocenters. The molecule has 2 rings (SSSR count). The van der Waals surface area contributed by atoms with E-state index in [1.54, 1.807) is 6.07 Å². The number of carbonyl (C=O) groups excluding carboxylic acids is 1. The lowest BCUT2D eigenvalue weighted by Gasteiger charge is -2.32. The van der Waals surface area contributed by atoms with Crippen molar-refractivity contribution in [3.05, 3.63) is 33.9 Å². The van der Waals surface area contributed by atoms with Gasteiger partial charge in [0, 0.05) is 37.8 Å². The quantitative estimate of drug-likeness (QED) is 0.631. The van der Waals surface area contributed by atoms with Gasteiger partial charge in [0.15, 0.2) is 0 Å². The van der Waals surface area contributed by atoms with Crippen LogP contribution in [0, 0.1) is 10.1 Å². The molecule has 7 heteroatoms. The highest BCUT2D eigenvalue weighted by Gasteiger charge is 2.25. The van der Waals surface area contributed by atoms with Gasteiger partial charge in [-0.3, -0.25) is 14.9 Å². The summed E-state index contributed by atoms with van der Waals surface area (Å²) in [5.41, 5.74) is 6.80. The summed E-state index contributed by atoms with van der Waals surface area (Å²) < 4.78 is 0. The minimum Gasteiger partial charge on any atom is -0.364 e. The number of benzene rings is 1. The zero-order valence-electron chi connectivity index (χ0n) is 11.3. The van der Waals surface area contributed by atoms with E-state index in [1.165, 1.54) is 19.2 Å². The minimum atomic E-state index is -0.427. The molecule has 1 aliphatic heterocycles. The molecular weight excluding hydrogens is 260 g/mol. The van der Waals surface area contributed by atoms with Gasteiger partial charge in [0.05, 0.1) is 4.92 Å². The second-order valence-corrected chi connectivity index (χ2v) is 4.89. The maximum absolute atomic E-state index is 11.7. The molecule has 0 spiro atoms. The van der Waals surface area contributed by atoms with Gasteiger partial charge >= 0.3 is 0 Å². The summed E-state index contributed by atoms with van der Waals surface area (Å²) in [4.78, 5) is 24.3. The van der Waals surface area contributed by atoms with Crippen molar-refractivity contribution in [2.45, 2.75) is 18.9 Å². The van der Waals surface area contributed by atoms with Gasteiger partial charge in [-0.1, -0.05) is 0 Å². The highest BCUT2D eigenvalue weighted by atomic mass is 16.6. The third-order valence-corrected chi connectivity index (χ3v) is 3.46. The SMILES string of the molecule is CNC(=O)c1ccc([N+](=O)[O-])c(N2CCCC(N)C2)c1. The monoisotopic (exact) mass is 278 g/mol. The summed E-state index contributed by atoms with van der Waals surface area (Å²) in [6.07, 6.45) is 1.81. The number of nitro benzene ring substituents is 1. The number of hydrogen-bond acceptors (Lipinski definition) is 5. The molecule has 1 amide bonds. The van der Waals surface area contributed by atoms with Crippen LogP contribution in [0.3, 0.4) is 0 Å². The largest absolute Gasteiger partial charge is 0.364 e. The third kappa shape index (κ3) is 2.88. The second kappa shape index (κ2) is 5.87. The highest BCUT2D eigenvalue weighted by Crippen LogP contribution is 2.31. The second-order valence-electron chi connectivity index (χ2n) is 4.89. The van der Waals surface area contributed by atoms with Gasteiger partial charge in [-0.25, -0.2) is 0 Å². The summed E-state index contributed by atoms with van der Waals surface area (Å²) in [6, 6.07) is 4.41. The molecule has 0 bridgehead atoms. The highest BCUT2D eigenvalue weighted by molar-refractivity contribution is 5.95. The average molecular weight is 278 g/mol. The Hall–Kier alpha value is -2.15. The van der Waals surface area contributed by atoms with Crippen LogP contribution in [0.4, 0.5) is 11.4 Å². The molecule has 7 nitrogen and oxygen atoms in total. The fraction of sp³-hybridized carbons (Fsp3) is 0.462. The summed E-state index contributed by atoms with van der Waals surface area (Å²) in [6.45, 7) is 1.28. The van der Waals surface area contributed by atoms with Crippen LogP contribution in [-0.2, 0) is 0 Å². The predicted molar refractivity (Wildman–Crippen MR) is 75.9 cm³/mol. The molecule has 0 aliphatic carbocycles. The molecule has 1 atom stereocenters. The topological polar surface area (TPSA) is 101 Å². The van der Waals surface area contributed by atoms with Crippen molar-refractivity contribution in [3.63, 3.8) is 0 Å². The number of nitrogens with one attached hydrogen (secondary N) is 1. The van der Waals surface area contributed by atoms with Gasteiger partial charge in [0.1, 0.15) is 5.69 Å². The van der Waals surface area contributed by atoms with Crippen molar-refractivity contribution < 1.29 is 9.72 Å². The van der Waals surface area contributed by atoms with Crippen LogP contribution in [-0.4, -0.2) is 37.0 Å². The van der Waals surface area contributed by atoms with E-state index in [0.717, 1.165) is 12.8 Å². The maximum Gasteiger partial charge on any atom is 0.292 e. The first kappa shape index (κ1) is 14.3. The Balaban J connectivity index is 2.41. The molecule has 108 valence electrons. The normalized spacial score (nSPS) is 18.7. The molecule has 0 aromatic heterocycles. The lowest BCUT2D eigenvalue weighted by molar-refractivity contribution is -0.384. The van der Waals surface area contributed by atoms with Crippen LogP contribution < -0.4 is 16.0 Å². The van der Waals surface area contributed by atoms with E-state index in [9.17, 15) is 14.9 Å². The van der Waals surface area contributed by atoms with Crippen LogP contribution in [0.15, 0.2) is 18.2 Å². The van der Waals surface area contributed by atoms with Crippen LogP contribution in [0.2, 0.25) is 0 Å². The molecule has 1 aliphatic rings. The van der Waals surface area contributed by atoms with Gasteiger partial charge in [-0.15, -0.1) is 0 Å². The van der Waals surface area contributed by atoms with Crippen molar-refractivity contribution >= 4 is 17.3 Å². The van der Waals surface area contributed by atoms with Gasteiger partial charge in [0.2, 0.25) is 0 Å². The van der Waals surface area contributed by atoms with E-state index in [1.807, 2.05) is 4.90 Å².